The summed E-state index contributed by atoms with van der Waals surface area (Å²) in [5, 5.41) is 24.9. The number of aliphatic hydroxyl groups excluding tert-OH is 1. The number of fused-ring (bicyclic) bond motifs is 2. The number of rotatable bonds is 7. The zero-order chi connectivity index (χ0) is 22.1. The van der Waals surface area contributed by atoms with Gasteiger partial charge in [0, 0.05) is 30.6 Å². The predicted molar refractivity (Wildman–Crippen MR) is 124 cm³/mol. The van der Waals surface area contributed by atoms with E-state index in [4.69, 9.17) is 9.40 Å². The van der Waals surface area contributed by atoms with Crippen molar-refractivity contribution in [3.05, 3.63) is 48.0 Å². The minimum absolute atomic E-state index is 0.194. The molecule has 1 aliphatic rings. The van der Waals surface area contributed by atoms with Gasteiger partial charge in [0.25, 0.3) is 0 Å². The van der Waals surface area contributed by atoms with Crippen LogP contribution in [0, 0.1) is 5.92 Å². The summed E-state index contributed by atoms with van der Waals surface area (Å²) in [5.41, 5.74) is 3.51. The van der Waals surface area contributed by atoms with Gasteiger partial charge in [-0.25, -0.2) is 9.97 Å². The summed E-state index contributed by atoms with van der Waals surface area (Å²) in [7, 11) is 0. The van der Waals surface area contributed by atoms with E-state index in [9.17, 15) is 5.11 Å². The second-order valence-electron chi connectivity index (χ2n) is 8.65. The number of aromatic nitrogens is 4. The molecule has 5 rings (SSSR count). The van der Waals surface area contributed by atoms with Crippen molar-refractivity contribution in [1.82, 2.24) is 24.9 Å². The summed E-state index contributed by atoms with van der Waals surface area (Å²) in [6.07, 6.45) is 2.46. The first-order chi connectivity index (χ1) is 15.6. The summed E-state index contributed by atoms with van der Waals surface area (Å²) in [6, 6.07) is 9.68. The Morgan fingerprint density at radius 3 is 2.94 bits per heavy atom. The van der Waals surface area contributed by atoms with E-state index in [-0.39, 0.29) is 12.0 Å². The van der Waals surface area contributed by atoms with Gasteiger partial charge in [0.2, 0.25) is 5.89 Å². The first-order valence-electron chi connectivity index (χ1n) is 11.2. The molecule has 0 unspecified atom stereocenters. The van der Waals surface area contributed by atoms with E-state index in [0.717, 1.165) is 46.9 Å². The molecular weight excluding hydrogens is 406 g/mol. The third-order valence-corrected chi connectivity index (χ3v) is 6.01. The lowest BCUT2D eigenvalue weighted by atomic mass is 9.95. The maximum Gasteiger partial charge on any atom is 0.214 e. The molecule has 0 saturated carbocycles. The largest absolute Gasteiger partial charge is 0.439 e. The number of hydrogen-bond donors (Lipinski definition) is 4. The maximum atomic E-state index is 10.3. The molecule has 168 valence electrons. The van der Waals surface area contributed by atoms with Crippen molar-refractivity contribution in [2.75, 3.05) is 30.3 Å². The van der Waals surface area contributed by atoms with Gasteiger partial charge >= 0.3 is 0 Å². The van der Waals surface area contributed by atoms with E-state index in [0.29, 0.717) is 31.4 Å². The molecular formula is C23H29N7O2. The Bertz CT molecular complexity index is 1180. The van der Waals surface area contributed by atoms with Crippen LogP contribution in [0.1, 0.15) is 37.6 Å². The third kappa shape index (κ3) is 4.13. The zero-order valence-corrected chi connectivity index (χ0v) is 18.4. The van der Waals surface area contributed by atoms with Gasteiger partial charge < -0.3 is 25.5 Å². The van der Waals surface area contributed by atoms with Crippen molar-refractivity contribution >= 4 is 28.4 Å². The molecule has 4 aromatic rings. The van der Waals surface area contributed by atoms with Crippen molar-refractivity contribution in [2.45, 2.75) is 38.8 Å². The van der Waals surface area contributed by atoms with Gasteiger partial charge in [0.05, 0.1) is 18.8 Å². The number of anilines is 2. The molecule has 0 amide bonds. The molecule has 9 heteroatoms. The Kier molecular flexibility index (Phi) is 5.67. The topological polar surface area (TPSA) is 113 Å². The van der Waals surface area contributed by atoms with Crippen LogP contribution in [0.2, 0.25) is 0 Å². The van der Waals surface area contributed by atoms with Gasteiger partial charge in [-0.1, -0.05) is 26.0 Å². The fraction of sp³-hybridized carbons (Fsp3) is 0.435. The molecule has 1 fully saturated rings. The Morgan fingerprint density at radius 2 is 2.12 bits per heavy atom. The molecule has 1 aromatic carbocycles. The van der Waals surface area contributed by atoms with Crippen molar-refractivity contribution in [3.8, 4) is 0 Å². The number of nitrogens with one attached hydrogen (secondary N) is 3. The summed E-state index contributed by atoms with van der Waals surface area (Å²) in [4.78, 5) is 9.38. The molecule has 1 saturated heterocycles. The van der Waals surface area contributed by atoms with E-state index < -0.39 is 0 Å². The van der Waals surface area contributed by atoms with Crippen LogP contribution in [0.4, 0.5) is 11.6 Å². The average Bonchev–Trinajstić information content (AvgIpc) is 3.41. The standard InChI is InChI=1S/C23H29N7O2/c1-14(2)16-11-27-30-21(26-13-22-28-17-5-3-4-6-19(17)32-22)9-20(29-23(16)30)25-10-15-7-8-24-12-18(15)31/h3-6,9,11,14-15,18,24,26,31H,7-8,10,12-13H2,1-2H3,(H,25,29)/t15-,18+/m1/s1. The van der Waals surface area contributed by atoms with Crippen molar-refractivity contribution < 1.29 is 9.52 Å². The van der Waals surface area contributed by atoms with Crippen LogP contribution in [0.5, 0.6) is 0 Å². The first-order valence-corrected chi connectivity index (χ1v) is 11.2. The van der Waals surface area contributed by atoms with E-state index in [1.165, 1.54) is 0 Å². The van der Waals surface area contributed by atoms with E-state index in [1.54, 1.807) is 0 Å². The Labute approximate surface area is 186 Å². The van der Waals surface area contributed by atoms with Crippen LogP contribution in [0.15, 0.2) is 40.9 Å². The molecule has 9 nitrogen and oxygen atoms in total. The van der Waals surface area contributed by atoms with Crippen LogP contribution in [0.25, 0.3) is 16.7 Å². The Hall–Kier alpha value is -3.17. The number of para-hydroxylation sites is 2. The highest BCUT2D eigenvalue weighted by Crippen LogP contribution is 2.25. The van der Waals surface area contributed by atoms with Gasteiger partial charge in [0.15, 0.2) is 11.2 Å². The van der Waals surface area contributed by atoms with Crippen LogP contribution in [-0.4, -0.2) is 50.4 Å². The first kappa shape index (κ1) is 20.7. The summed E-state index contributed by atoms with van der Waals surface area (Å²) in [5.74, 6) is 2.66. The Balaban J connectivity index is 1.40. The van der Waals surface area contributed by atoms with E-state index >= 15 is 0 Å². The van der Waals surface area contributed by atoms with Crippen molar-refractivity contribution in [2.24, 2.45) is 5.92 Å². The minimum atomic E-state index is -0.349. The lowest BCUT2D eigenvalue weighted by Crippen LogP contribution is -2.43. The number of aliphatic hydroxyl groups is 1. The third-order valence-electron chi connectivity index (χ3n) is 6.01. The fourth-order valence-corrected chi connectivity index (χ4v) is 4.14. The number of nitrogens with zero attached hydrogens (tertiary/aromatic N) is 4. The van der Waals surface area contributed by atoms with E-state index in [2.05, 4.69) is 39.9 Å². The molecule has 0 spiro atoms. The van der Waals surface area contributed by atoms with Gasteiger partial charge in [0.1, 0.15) is 17.2 Å². The van der Waals surface area contributed by atoms with Gasteiger partial charge in [-0.15, -0.1) is 0 Å². The summed E-state index contributed by atoms with van der Waals surface area (Å²) in [6.45, 7) is 6.92. The van der Waals surface area contributed by atoms with Crippen molar-refractivity contribution in [3.63, 3.8) is 0 Å². The molecule has 4 heterocycles. The molecule has 0 aliphatic carbocycles. The molecule has 32 heavy (non-hydrogen) atoms. The number of β-amino-alcohol motifs (C(OH)–C–C–N with tert-alkyl or cyclic N) is 1. The SMILES string of the molecule is CC(C)c1cnn2c(NCc3nc4ccccc4o3)cc(NC[C@H]3CCNC[C@@H]3O)nc12. The fourth-order valence-electron chi connectivity index (χ4n) is 4.14. The normalized spacial score (nSPS) is 19.1. The molecule has 0 radical (unpaired) electrons. The predicted octanol–water partition coefficient (Wildman–Crippen LogP) is 2.99. The average molecular weight is 436 g/mol. The smallest absolute Gasteiger partial charge is 0.214 e. The van der Waals surface area contributed by atoms with E-state index in [1.807, 2.05) is 41.0 Å². The number of oxazole rings is 1. The van der Waals surface area contributed by atoms with Crippen LogP contribution >= 0.6 is 0 Å². The molecule has 3 aromatic heterocycles. The van der Waals surface area contributed by atoms with Crippen LogP contribution in [-0.2, 0) is 6.54 Å². The van der Waals surface area contributed by atoms with Crippen LogP contribution in [0.3, 0.4) is 0 Å². The number of hydrogen-bond acceptors (Lipinski definition) is 8. The number of piperidine rings is 1. The summed E-state index contributed by atoms with van der Waals surface area (Å²) >= 11 is 0. The van der Waals surface area contributed by atoms with Gasteiger partial charge in [-0.3, -0.25) is 0 Å². The minimum Gasteiger partial charge on any atom is -0.439 e. The highest BCUT2D eigenvalue weighted by molar-refractivity contribution is 5.72. The zero-order valence-electron chi connectivity index (χ0n) is 18.4. The second kappa shape index (κ2) is 8.76. The highest BCUT2D eigenvalue weighted by Gasteiger charge is 2.23. The highest BCUT2D eigenvalue weighted by atomic mass is 16.3. The monoisotopic (exact) mass is 435 g/mol. The molecule has 0 bridgehead atoms. The number of benzene rings is 1. The summed E-state index contributed by atoms with van der Waals surface area (Å²) < 4.78 is 7.67. The molecule has 2 atom stereocenters. The second-order valence-corrected chi connectivity index (χ2v) is 8.65. The van der Waals surface area contributed by atoms with Gasteiger partial charge in [-0.05, 0) is 31.0 Å². The van der Waals surface area contributed by atoms with Crippen molar-refractivity contribution in [1.29, 1.82) is 0 Å². The van der Waals surface area contributed by atoms with Gasteiger partial charge in [-0.2, -0.15) is 9.61 Å². The lowest BCUT2D eigenvalue weighted by molar-refractivity contribution is 0.0883. The molecule has 4 N–H and O–H groups in total. The lowest BCUT2D eigenvalue weighted by Gasteiger charge is -2.28. The quantitative estimate of drug-likeness (QED) is 0.350. The Morgan fingerprint density at radius 1 is 1.25 bits per heavy atom. The maximum absolute atomic E-state index is 10.3. The van der Waals surface area contributed by atoms with Crippen LogP contribution < -0.4 is 16.0 Å². The molecule has 1 aliphatic heterocycles.